The molecule has 2 N–H and O–H groups in total. The molecular formula is C15H19FN2O3. The maximum absolute atomic E-state index is 13.1. The third-order valence-corrected chi connectivity index (χ3v) is 3.86. The van der Waals surface area contributed by atoms with E-state index >= 15 is 0 Å². The van der Waals surface area contributed by atoms with Crippen LogP contribution in [0.5, 0.6) is 0 Å². The van der Waals surface area contributed by atoms with E-state index < -0.39 is 5.92 Å². The number of likely N-dealkylation sites (tertiary alicyclic amines) is 1. The van der Waals surface area contributed by atoms with Gasteiger partial charge in [0.2, 0.25) is 11.8 Å². The number of nitrogens with zero attached hydrogens (tertiary/aromatic N) is 1. The van der Waals surface area contributed by atoms with Crippen LogP contribution in [-0.2, 0) is 16.0 Å². The van der Waals surface area contributed by atoms with Gasteiger partial charge in [-0.15, -0.1) is 0 Å². The number of benzene rings is 1. The summed E-state index contributed by atoms with van der Waals surface area (Å²) in [5, 5.41) is 11.9. The highest BCUT2D eigenvalue weighted by Crippen LogP contribution is 2.24. The number of nitrogens with one attached hydrogen (secondary N) is 1. The monoisotopic (exact) mass is 294 g/mol. The lowest BCUT2D eigenvalue weighted by molar-refractivity contribution is -0.130. The second-order valence-electron chi connectivity index (χ2n) is 5.27. The van der Waals surface area contributed by atoms with Crippen molar-refractivity contribution in [2.45, 2.75) is 6.42 Å². The number of aliphatic hydroxyl groups excluding tert-OH is 1. The Morgan fingerprint density at radius 2 is 2.19 bits per heavy atom. The van der Waals surface area contributed by atoms with Gasteiger partial charge in [0.25, 0.3) is 0 Å². The van der Waals surface area contributed by atoms with Crippen molar-refractivity contribution in [2.24, 2.45) is 11.8 Å². The number of hydrogen-bond acceptors (Lipinski definition) is 3. The van der Waals surface area contributed by atoms with E-state index in [4.69, 9.17) is 0 Å². The Morgan fingerprint density at radius 1 is 1.43 bits per heavy atom. The smallest absolute Gasteiger partial charge is 0.227 e. The lowest BCUT2D eigenvalue weighted by Gasteiger charge is -2.16. The zero-order valence-corrected chi connectivity index (χ0v) is 11.9. The average Bonchev–Trinajstić information content (AvgIpc) is 2.90. The number of carbonyl (C=O) groups is 2. The lowest BCUT2D eigenvalue weighted by Crippen LogP contribution is -2.34. The molecule has 1 aromatic rings. The van der Waals surface area contributed by atoms with Gasteiger partial charge in [-0.2, -0.15) is 0 Å². The maximum atomic E-state index is 13.1. The van der Waals surface area contributed by atoms with Crippen molar-refractivity contribution in [1.29, 1.82) is 0 Å². The van der Waals surface area contributed by atoms with Crippen molar-refractivity contribution in [3.8, 4) is 0 Å². The molecule has 0 spiro atoms. The normalized spacial score (nSPS) is 21.4. The van der Waals surface area contributed by atoms with Gasteiger partial charge in [-0.05, 0) is 17.7 Å². The Kier molecular flexibility index (Phi) is 4.90. The highest BCUT2D eigenvalue weighted by Gasteiger charge is 2.38. The Morgan fingerprint density at radius 3 is 2.81 bits per heavy atom. The van der Waals surface area contributed by atoms with E-state index in [-0.39, 0.29) is 36.6 Å². The van der Waals surface area contributed by atoms with Crippen LogP contribution in [0, 0.1) is 17.7 Å². The van der Waals surface area contributed by atoms with Crippen LogP contribution in [0.15, 0.2) is 24.3 Å². The predicted octanol–water partition coefficient (Wildman–Crippen LogP) is 0.181. The SMILES string of the molecule is CNC(=O)[C@@H]1CN(C(=O)Cc2cccc(F)c2)C[C@H]1CO. The molecule has 1 saturated heterocycles. The molecule has 0 saturated carbocycles. The zero-order valence-electron chi connectivity index (χ0n) is 11.9. The Bertz CT molecular complexity index is 535. The first kappa shape index (κ1) is 15.4. The minimum Gasteiger partial charge on any atom is -0.396 e. The van der Waals surface area contributed by atoms with Crippen molar-refractivity contribution in [2.75, 3.05) is 26.7 Å². The van der Waals surface area contributed by atoms with Gasteiger partial charge in [-0.25, -0.2) is 4.39 Å². The summed E-state index contributed by atoms with van der Waals surface area (Å²) in [6, 6.07) is 5.91. The lowest BCUT2D eigenvalue weighted by atomic mass is 9.96. The molecule has 1 aliphatic rings. The second kappa shape index (κ2) is 6.67. The summed E-state index contributed by atoms with van der Waals surface area (Å²) in [5.41, 5.74) is 0.601. The fourth-order valence-corrected chi connectivity index (χ4v) is 2.68. The number of hydrogen-bond donors (Lipinski definition) is 2. The molecule has 21 heavy (non-hydrogen) atoms. The second-order valence-corrected chi connectivity index (χ2v) is 5.27. The van der Waals surface area contributed by atoms with Crippen LogP contribution in [0.3, 0.4) is 0 Å². The number of rotatable bonds is 4. The van der Waals surface area contributed by atoms with Crippen molar-refractivity contribution in [3.63, 3.8) is 0 Å². The molecule has 0 aromatic heterocycles. The third-order valence-electron chi connectivity index (χ3n) is 3.86. The molecule has 0 radical (unpaired) electrons. The maximum Gasteiger partial charge on any atom is 0.227 e. The Balaban J connectivity index is 2.02. The first-order chi connectivity index (χ1) is 10.0. The van der Waals surface area contributed by atoms with Crippen LogP contribution < -0.4 is 5.32 Å². The quantitative estimate of drug-likeness (QED) is 0.832. The summed E-state index contributed by atoms with van der Waals surface area (Å²) in [5.74, 6) is -1.35. The molecule has 1 aliphatic heterocycles. The molecule has 1 fully saturated rings. The molecule has 6 heteroatoms. The standard InChI is InChI=1S/C15H19FN2O3/c1-17-15(21)13-8-18(7-11(13)9-19)14(20)6-10-3-2-4-12(16)5-10/h2-5,11,13,19H,6-9H2,1H3,(H,17,21)/t11-,13+/m0/s1. The molecule has 1 heterocycles. The van der Waals surface area contributed by atoms with Gasteiger partial charge < -0.3 is 15.3 Å². The zero-order chi connectivity index (χ0) is 15.4. The van der Waals surface area contributed by atoms with Gasteiger partial charge in [0.15, 0.2) is 0 Å². The van der Waals surface area contributed by atoms with E-state index in [1.807, 2.05) is 0 Å². The van der Waals surface area contributed by atoms with Gasteiger partial charge in [0, 0.05) is 32.7 Å². The van der Waals surface area contributed by atoms with Gasteiger partial charge >= 0.3 is 0 Å². The van der Waals surface area contributed by atoms with Crippen LogP contribution in [0.25, 0.3) is 0 Å². The molecule has 2 rings (SSSR count). The molecule has 0 bridgehead atoms. The Labute approximate surface area is 122 Å². The van der Waals surface area contributed by atoms with Crippen molar-refractivity contribution >= 4 is 11.8 Å². The fraction of sp³-hybridized carbons (Fsp3) is 0.467. The Hall–Kier alpha value is -1.95. The first-order valence-electron chi connectivity index (χ1n) is 6.89. The minimum absolute atomic E-state index is 0.0936. The van der Waals surface area contributed by atoms with E-state index in [1.165, 1.54) is 19.2 Å². The molecule has 0 aliphatic carbocycles. The highest BCUT2D eigenvalue weighted by atomic mass is 19.1. The van der Waals surface area contributed by atoms with Crippen molar-refractivity contribution in [1.82, 2.24) is 10.2 Å². The van der Waals surface area contributed by atoms with Crippen LogP contribution >= 0.6 is 0 Å². The van der Waals surface area contributed by atoms with E-state index in [1.54, 1.807) is 17.0 Å². The van der Waals surface area contributed by atoms with Crippen LogP contribution in [0.2, 0.25) is 0 Å². The summed E-state index contributed by atoms with van der Waals surface area (Å²) in [7, 11) is 1.54. The summed E-state index contributed by atoms with van der Waals surface area (Å²) in [4.78, 5) is 25.5. The van der Waals surface area contributed by atoms with Gasteiger partial charge in [-0.3, -0.25) is 9.59 Å². The molecule has 0 unspecified atom stereocenters. The molecule has 5 nitrogen and oxygen atoms in total. The molecule has 2 amide bonds. The summed E-state index contributed by atoms with van der Waals surface area (Å²) in [6.45, 7) is 0.504. The van der Waals surface area contributed by atoms with Crippen LogP contribution in [0.4, 0.5) is 4.39 Å². The van der Waals surface area contributed by atoms with Gasteiger partial charge in [0.05, 0.1) is 12.3 Å². The third kappa shape index (κ3) is 3.58. The molecule has 2 atom stereocenters. The van der Waals surface area contributed by atoms with E-state index in [2.05, 4.69) is 5.32 Å². The topological polar surface area (TPSA) is 69.6 Å². The van der Waals surface area contributed by atoms with E-state index in [9.17, 15) is 19.1 Å². The largest absolute Gasteiger partial charge is 0.396 e. The average molecular weight is 294 g/mol. The van der Waals surface area contributed by atoms with Crippen molar-refractivity contribution in [3.05, 3.63) is 35.6 Å². The number of aliphatic hydroxyl groups is 1. The van der Waals surface area contributed by atoms with Gasteiger partial charge in [-0.1, -0.05) is 12.1 Å². The first-order valence-corrected chi connectivity index (χ1v) is 6.89. The molecule has 1 aromatic carbocycles. The molecule has 114 valence electrons. The number of amides is 2. The van der Waals surface area contributed by atoms with Crippen LogP contribution in [0.1, 0.15) is 5.56 Å². The van der Waals surface area contributed by atoms with E-state index in [0.717, 1.165) is 0 Å². The van der Waals surface area contributed by atoms with E-state index in [0.29, 0.717) is 18.7 Å². The summed E-state index contributed by atoms with van der Waals surface area (Å²) in [6.07, 6.45) is 0.0936. The fourth-order valence-electron chi connectivity index (χ4n) is 2.68. The predicted molar refractivity (Wildman–Crippen MR) is 74.8 cm³/mol. The number of carbonyl (C=O) groups excluding carboxylic acids is 2. The van der Waals surface area contributed by atoms with Crippen molar-refractivity contribution < 1.29 is 19.1 Å². The summed E-state index contributed by atoms with van der Waals surface area (Å²) >= 11 is 0. The number of halogens is 1. The van der Waals surface area contributed by atoms with Crippen LogP contribution in [-0.4, -0.2) is 48.6 Å². The van der Waals surface area contributed by atoms with Gasteiger partial charge in [0.1, 0.15) is 5.82 Å². The highest BCUT2D eigenvalue weighted by molar-refractivity contribution is 5.83. The summed E-state index contributed by atoms with van der Waals surface area (Å²) < 4.78 is 13.1. The minimum atomic E-state index is -0.392. The molecular weight excluding hydrogens is 275 g/mol.